The molecule has 0 bridgehead atoms. The topological polar surface area (TPSA) is 77.8 Å². The second kappa shape index (κ2) is 6.12. The van der Waals surface area contributed by atoms with Gasteiger partial charge in [0.15, 0.2) is 0 Å². The van der Waals surface area contributed by atoms with Gasteiger partial charge in [0.1, 0.15) is 0 Å². The van der Waals surface area contributed by atoms with Crippen molar-refractivity contribution in [2.75, 3.05) is 13.1 Å². The molecule has 1 aliphatic heterocycles. The van der Waals surface area contributed by atoms with Crippen molar-refractivity contribution in [3.8, 4) is 0 Å². The Hall–Kier alpha value is -2.82. The number of nitrogens with zero attached hydrogens (tertiary/aromatic N) is 1. The van der Waals surface area contributed by atoms with Crippen molar-refractivity contribution in [2.24, 2.45) is 11.8 Å². The maximum absolute atomic E-state index is 11.3. The number of benzene rings is 2. The molecule has 0 radical (unpaired) electrons. The largest absolute Gasteiger partial charge is 0.481 e. The van der Waals surface area contributed by atoms with E-state index in [0.29, 0.717) is 0 Å². The summed E-state index contributed by atoms with van der Waals surface area (Å²) < 4.78 is 0. The highest BCUT2D eigenvalue weighted by molar-refractivity contribution is 5.84. The molecule has 1 amide bonds. The second-order valence-corrected chi connectivity index (χ2v) is 5.76. The summed E-state index contributed by atoms with van der Waals surface area (Å²) in [7, 11) is 0. The van der Waals surface area contributed by atoms with E-state index in [2.05, 4.69) is 0 Å². The Labute approximate surface area is 133 Å². The van der Waals surface area contributed by atoms with Crippen molar-refractivity contribution < 1.29 is 19.8 Å². The molecule has 1 saturated heterocycles. The van der Waals surface area contributed by atoms with Crippen LogP contribution in [0.4, 0.5) is 4.79 Å². The summed E-state index contributed by atoms with van der Waals surface area (Å²) in [6.07, 6.45) is 2.61. The molecule has 0 spiro atoms. The first-order valence-electron chi connectivity index (χ1n) is 7.42. The zero-order valence-electron chi connectivity index (χ0n) is 12.4. The Morgan fingerprint density at radius 2 is 1.78 bits per heavy atom. The highest BCUT2D eigenvalue weighted by atomic mass is 16.4. The van der Waals surface area contributed by atoms with E-state index >= 15 is 0 Å². The number of carboxylic acid groups (broad SMARTS) is 2. The Morgan fingerprint density at radius 1 is 1.04 bits per heavy atom. The fourth-order valence-corrected chi connectivity index (χ4v) is 2.99. The molecule has 0 unspecified atom stereocenters. The van der Waals surface area contributed by atoms with Gasteiger partial charge in [0, 0.05) is 19.0 Å². The molecule has 1 fully saturated rings. The Kier molecular flexibility index (Phi) is 4.02. The molecular formula is C18H17NO4. The van der Waals surface area contributed by atoms with Crippen molar-refractivity contribution in [1.29, 1.82) is 0 Å². The van der Waals surface area contributed by atoms with Gasteiger partial charge in [-0.3, -0.25) is 4.79 Å². The summed E-state index contributed by atoms with van der Waals surface area (Å²) in [5, 5.41) is 20.6. The lowest BCUT2D eigenvalue weighted by molar-refractivity contribution is -0.141. The molecule has 2 N–H and O–H groups in total. The van der Waals surface area contributed by atoms with Gasteiger partial charge in [0.05, 0.1) is 5.92 Å². The van der Waals surface area contributed by atoms with Crippen LogP contribution in [0.15, 0.2) is 48.5 Å². The van der Waals surface area contributed by atoms with Crippen LogP contribution in [-0.2, 0) is 4.79 Å². The molecule has 23 heavy (non-hydrogen) atoms. The molecule has 5 heteroatoms. The normalized spacial score (nSPS) is 21.1. The number of carboxylic acids is 1. The van der Waals surface area contributed by atoms with Crippen LogP contribution in [0.1, 0.15) is 5.56 Å². The minimum absolute atomic E-state index is 0.0391. The summed E-state index contributed by atoms with van der Waals surface area (Å²) in [6.45, 7) is 0.258. The Morgan fingerprint density at radius 3 is 2.48 bits per heavy atom. The number of amides is 1. The van der Waals surface area contributed by atoms with Crippen LogP contribution in [0.25, 0.3) is 16.8 Å². The number of rotatable bonds is 3. The van der Waals surface area contributed by atoms with Crippen LogP contribution >= 0.6 is 0 Å². The maximum Gasteiger partial charge on any atom is 0.407 e. The lowest BCUT2D eigenvalue weighted by atomic mass is 9.95. The van der Waals surface area contributed by atoms with E-state index in [1.54, 1.807) is 0 Å². The fourth-order valence-electron chi connectivity index (χ4n) is 2.99. The average molecular weight is 311 g/mol. The van der Waals surface area contributed by atoms with E-state index in [1.165, 1.54) is 0 Å². The van der Waals surface area contributed by atoms with E-state index in [1.807, 2.05) is 54.6 Å². The van der Waals surface area contributed by atoms with E-state index in [4.69, 9.17) is 5.11 Å². The minimum atomic E-state index is -1.07. The molecular weight excluding hydrogens is 294 g/mol. The smallest absolute Gasteiger partial charge is 0.407 e. The first-order valence-corrected chi connectivity index (χ1v) is 7.42. The van der Waals surface area contributed by atoms with Crippen LogP contribution < -0.4 is 0 Å². The second-order valence-electron chi connectivity index (χ2n) is 5.76. The average Bonchev–Trinajstić information content (AvgIpc) is 2.97. The van der Waals surface area contributed by atoms with Crippen molar-refractivity contribution >= 4 is 28.9 Å². The summed E-state index contributed by atoms with van der Waals surface area (Å²) in [6, 6.07) is 14.0. The molecule has 2 aromatic carbocycles. The van der Waals surface area contributed by atoms with E-state index in [-0.39, 0.29) is 19.0 Å². The predicted octanol–water partition coefficient (Wildman–Crippen LogP) is 3.16. The van der Waals surface area contributed by atoms with Crippen molar-refractivity contribution in [1.82, 2.24) is 4.90 Å². The molecule has 1 aliphatic rings. The summed E-state index contributed by atoms with van der Waals surface area (Å²) in [4.78, 5) is 23.5. The van der Waals surface area contributed by atoms with Gasteiger partial charge in [-0.15, -0.1) is 0 Å². The van der Waals surface area contributed by atoms with Crippen LogP contribution in [0.2, 0.25) is 0 Å². The van der Waals surface area contributed by atoms with Crippen LogP contribution in [0, 0.1) is 11.8 Å². The monoisotopic (exact) mass is 311 g/mol. The maximum atomic E-state index is 11.3. The van der Waals surface area contributed by atoms with E-state index in [0.717, 1.165) is 21.2 Å². The minimum Gasteiger partial charge on any atom is -0.481 e. The highest BCUT2D eigenvalue weighted by Gasteiger charge is 2.38. The zero-order chi connectivity index (χ0) is 16.4. The number of hydrogen-bond acceptors (Lipinski definition) is 2. The first-order chi connectivity index (χ1) is 11.0. The lowest BCUT2D eigenvalue weighted by Gasteiger charge is -2.09. The summed E-state index contributed by atoms with van der Waals surface area (Å²) in [5.74, 6) is -1.96. The fraction of sp³-hybridized carbons (Fsp3) is 0.222. The van der Waals surface area contributed by atoms with Crippen LogP contribution in [0.3, 0.4) is 0 Å². The van der Waals surface area contributed by atoms with Gasteiger partial charge in [-0.2, -0.15) is 0 Å². The molecule has 0 aliphatic carbocycles. The van der Waals surface area contributed by atoms with Gasteiger partial charge >= 0.3 is 12.1 Å². The van der Waals surface area contributed by atoms with Gasteiger partial charge in [-0.25, -0.2) is 4.79 Å². The van der Waals surface area contributed by atoms with Crippen LogP contribution in [-0.4, -0.2) is 40.3 Å². The molecule has 0 aromatic heterocycles. The molecule has 3 rings (SSSR count). The van der Waals surface area contributed by atoms with Gasteiger partial charge in [-0.05, 0) is 22.4 Å². The molecule has 0 saturated carbocycles. The van der Waals surface area contributed by atoms with Crippen molar-refractivity contribution in [3.05, 3.63) is 54.1 Å². The standard InChI is InChI=1S/C18H17NO4/c20-17(21)16-11-19(18(22)23)10-15(16)8-6-12-5-7-13-3-1-2-4-14(13)9-12/h1-9,15-16H,10-11H2,(H,20,21)(H,22,23)/b8-6-/t15-,16-/m0/s1. The lowest BCUT2D eigenvalue weighted by Crippen LogP contribution is -2.28. The molecule has 2 aromatic rings. The quantitative estimate of drug-likeness (QED) is 0.912. The molecule has 5 nitrogen and oxygen atoms in total. The predicted molar refractivity (Wildman–Crippen MR) is 87.2 cm³/mol. The van der Waals surface area contributed by atoms with Gasteiger partial charge < -0.3 is 15.1 Å². The van der Waals surface area contributed by atoms with E-state index in [9.17, 15) is 14.7 Å². The molecule has 2 atom stereocenters. The Bertz CT molecular complexity index is 783. The van der Waals surface area contributed by atoms with Crippen molar-refractivity contribution in [3.63, 3.8) is 0 Å². The third kappa shape index (κ3) is 3.18. The number of aliphatic carboxylic acids is 1. The highest BCUT2D eigenvalue weighted by Crippen LogP contribution is 2.26. The zero-order valence-corrected chi connectivity index (χ0v) is 12.4. The third-order valence-electron chi connectivity index (χ3n) is 4.26. The summed E-state index contributed by atoms with van der Waals surface area (Å²) in [5.41, 5.74) is 0.974. The van der Waals surface area contributed by atoms with Crippen LogP contribution in [0.5, 0.6) is 0 Å². The summed E-state index contributed by atoms with van der Waals surface area (Å²) >= 11 is 0. The Balaban J connectivity index is 1.81. The number of likely N-dealkylation sites (tertiary alicyclic amines) is 1. The van der Waals surface area contributed by atoms with Crippen molar-refractivity contribution in [2.45, 2.75) is 0 Å². The first kappa shape index (κ1) is 15.1. The van der Waals surface area contributed by atoms with Gasteiger partial charge in [0.25, 0.3) is 0 Å². The number of hydrogen-bond donors (Lipinski definition) is 2. The molecule has 1 heterocycles. The SMILES string of the molecule is O=C(O)[C@H]1CN(C(=O)O)C[C@@H]1/C=C\c1ccc2ccccc2c1. The number of fused-ring (bicyclic) bond motifs is 1. The van der Waals surface area contributed by atoms with Gasteiger partial charge in [0.2, 0.25) is 0 Å². The molecule has 118 valence electrons. The van der Waals surface area contributed by atoms with Gasteiger partial charge in [-0.1, -0.05) is 48.6 Å². The number of carbonyl (C=O) groups is 2. The third-order valence-corrected chi connectivity index (χ3v) is 4.26. The van der Waals surface area contributed by atoms with E-state index < -0.39 is 18.0 Å².